The van der Waals surface area contributed by atoms with Crippen LogP contribution in [0.15, 0.2) is 10.7 Å². The summed E-state index contributed by atoms with van der Waals surface area (Å²) < 4.78 is 7.55. The van der Waals surface area contributed by atoms with Crippen LogP contribution in [0.25, 0.3) is 0 Å². The highest BCUT2D eigenvalue weighted by atomic mass is 79.9. The van der Waals surface area contributed by atoms with Crippen molar-refractivity contribution in [3.05, 3.63) is 16.4 Å². The van der Waals surface area contributed by atoms with E-state index in [1.54, 1.807) is 10.9 Å². The van der Waals surface area contributed by atoms with Gasteiger partial charge in [0.05, 0.1) is 10.7 Å². The molecule has 4 nitrogen and oxygen atoms in total. The van der Waals surface area contributed by atoms with Gasteiger partial charge in [0.2, 0.25) is 5.78 Å². The maximum atomic E-state index is 11.8. The van der Waals surface area contributed by atoms with E-state index in [0.29, 0.717) is 12.3 Å². The standard InChI is InChI=1S/C10H15BrN2O2/c1-3-5-13-10(8(11)6-12-13)9(14)7-15-4-2/h6H,3-5,7H2,1-2H3. The average molecular weight is 275 g/mol. The molecule has 1 aromatic rings. The molecular formula is C10H15BrN2O2. The highest BCUT2D eigenvalue weighted by Gasteiger charge is 2.16. The van der Waals surface area contributed by atoms with E-state index in [2.05, 4.69) is 21.0 Å². The fourth-order valence-corrected chi connectivity index (χ4v) is 1.80. The molecule has 5 heteroatoms. The average Bonchev–Trinajstić information content (AvgIpc) is 2.57. The fourth-order valence-electron chi connectivity index (χ4n) is 1.28. The van der Waals surface area contributed by atoms with Gasteiger partial charge in [0, 0.05) is 13.2 Å². The lowest BCUT2D eigenvalue weighted by Gasteiger charge is -2.05. The zero-order chi connectivity index (χ0) is 11.3. The minimum atomic E-state index is -0.0327. The first-order valence-electron chi connectivity index (χ1n) is 5.02. The molecule has 0 bridgehead atoms. The molecule has 0 amide bonds. The number of aromatic nitrogens is 2. The molecule has 0 spiro atoms. The van der Waals surface area contributed by atoms with Crippen molar-refractivity contribution in [1.82, 2.24) is 9.78 Å². The summed E-state index contributed by atoms with van der Waals surface area (Å²) in [6, 6.07) is 0. The summed E-state index contributed by atoms with van der Waals surface area (Å²) in [7, 11) is 0. The van der Waals surface area contributed by atoms with Crippen molar-refractivity contribution in [2.24, 2.45) is 0 Å². The maximum absolute atomic E-state index is 11.8. The van der Waals surface area contributed by atoms with E-state index in [0.717, 1.165) is 17.4 Å². The van der Waals surface area contributed by atoms with Crippen LogP contribution in [0.2, 0.25) is 0 Å². The minimum Gasteiger partial charge on any atom is -0.374 e. The van der Waals surface area contributed by atoms with E-state index in [1.165, 1.54) is 0 Å². The van der Waals surface area contributed by atoms with Crippen molar-refractivity contribution < 1.29 is 9.53 Å². The Kier molecular flexibility index (Phi) is 4.98. The Bertz CT molecular complexity index is 336. The number of carbonyl (C=O) groups is 1. The fraction of sp³-hybridized carbons (Fsp3) is 0.600. The van der Waals surface area contributed by atoms with Crippen molar-refractivity contribution in [3.8, 4) is 0 Å². The van der Waals surface area contributed by atoms with Crippen molar-refractivity contribution in [2.75, 3.05) is 13.2 Å². The molecule has 0 aromatic carbocycles. The van der Waals surface area contributed by atoms with Crippen LogP contribution in [-0.4, -0.2) is 28.8 Å². The molecule has 0 aliphatic carbocycles. The molecular weight excluding hydrogens is 260 g/mol. The second-order valence-corrected chi connectivity index (χ2v) is 3.98. The zero-order valence-corrected chi connectivity index (χ0v) is 10.6. The lowest BCUT2D eigenvalue weighted by molar-refractivity contribution is 0.0771. The highest BCUT2D eigenvalue weighted by molar-refractivity contribution is 9.10. The van der Waals surface area contributed by atoms with Crippen molar-refractivity contribution >= 4 is 21.7 Å². The first-order chi connectivity index (χ1) is 7.20. The Morgan fingerprint density at radius 1 is 1.60 bits per heavy atom. The van der Waals surface area contributed by atoms with Crippen molar-refractivity contribution in [2.45, 2.75) is 26.8 Å². The van der Waals surface area contributed by atoms with Crippen molar-refractivity contribution in [1.29, 1.82) is 0 Å². The Hall–Kier alpha value is -0.680. The molecule has 84 valence electrons. The van der Waals surface area contributed by atoms with Crippen LogP contribution in [0.3, 0.4) is 0 Å². The van der Waals surface area contributed by atoms with Gasteiger partial charge >= 0.3 is 0 Å². The number of hydrogen-bond acceptors (Lipinski definition) is 3. The van der Waals surface area contributed by atoms with E-state index in [-0.39, 0.29) is 12.4 Å². The molecule has 0 unspecified atom stereocenters. The number of aryl methyl sites for hydroxylation is 1. The molecule has 1 rings (SSSR count). The highest BCUT2D eigenvalue weighted by Crippen LogP contribution is 2.17. The molecule has 15 heavy (non-hydrogen) atoms. The predicted molar refractivity (Wildman–Crippen MR) is 61.0 cm³/mol. The third-order valence-corrected chi connectivity index (χ3v) is 2.51. The third-order valence-electron chi connectivity index (χ3n) is 1.93. The molecule has 0 saturated heterocycles. The topological polar surface area (TPSA) is 44.1 Å². The van der Waals surface area contributed by atoms with Crippen LogP contribution in [0.4, 0.5) is 0 Å². The molecule has 0 aliphatic heterocycles. The van der Waals surface area contributed by atoms with Gasteiger partial charge < -0.3 is 4.74 Å². The minimum absolute atomic E-state index is 0.0327. The molecule has 0 N–H and O–H groups in total. The second kappa shape index (κ2) is 6.02. The molecule has 0 fully saturated rings. The first-order valence-corrected chi connectivity index (χ1v) is 5.82. The van der Waals surface area contributed by atoms with Gasteiger partial charge in [-0.2, -0.15) is 5.10 Å². The number of Topliss-reactive ketones (excluding diaryl/α,β-unsaturated/α-hetero) is 1. The van der Waals surface area contributed by atoms with Gasteiger partial charge in [-0.25, -0.2) is 0 Å². The molecule has 0 atom stereocenters. The molecule has 1 aromatic heterocycles. The number of rotatable bonds is 6. The number of carbonyl (C=O) groups excluding carboxylic acids is 1. The van der Waals surface area contributed by atoms with Gasteiger partial charge in [-0.1, -0.05) is 6.92 Å². The van der Waals surface area contributed by atoms with Gasteiger partial charge in [0.1, 0.15) is 12.3 Å². The molecule has 0 saturated carbocycles. The maximum Gasteiger partial charge on any atom is 0.207 e. The number of ether oxygens (including phenoxy) is 1. The summed E-state index contributed by atoms with van der Waals surface area (Å²) in [5.74, 6) is -0.0327. The van der Waals surface area contributed by atoms with Crippen molar-refractivity contribution in [3.63, 3.8) is 0 Å². The summed E-state index contributed by atoms with van der Waals surface area (Å²) in [6.07, 6.45) is 2.60. The van der Waals surface area contributed by atoms with Crippen LogP contribution >= 0.6 is 15.9 Å². The van der Waals surface area contributed by atoms with Crippen LogP contribution in [-0.2, 0) is 11.3 Å². The van der Waals surface area contributed by atoms with Gasteiger partial charge in [-0.05, 0) is 29.3 Å². The number of hydrogen-bond donors (Lipinski definition) is 0. The lowest BCUT2D eigenvalue weighted by atomic mass is 10.3. The summed E-state index contributed by atoms with van der Waals surface area (Å²) in [6.45, 7) is 5.33. The quantitative estimate of drug-likeness (QED) is 0.748. The monoisotopic (exact) mass is 274 g/mol. The number of halogens is 1. The predicted octanol–water partition coefficient (Wildman–Crippen LogP) is 2.27. The van der Waals surface area contributed by atoms with E-state index < -0.39 is 0 Å². The summed E-state index contributed by atoms with van der Waals surface area (Å²) >= 11 is 3.32. The van der Waals surface area contributed by atoms with E-state index in [1.807, 2.05) is 13.8 Å². The number of ketones is 1. The SMILES string of the molecule is CCCn1ncc(Br)c1C(=O)COCC. The molecule has 1 heterocycles. The summed E-state index contributed by atoms with van der Waals surface area (Å²) in [5, 5.41) is 4.13. The van der Waals surface area contributed by atoms with Gasteiger partial charge in [0.15, 0.2) is 0 Å². The zero-order valence-electron chi connectivity index (χ0n) is 8.99. The second-order valence-electron chi connectivity index (χ2n) is 3.12. The van der Waals surface area contributed by atoms with Gasteiger partial charge in [-0.3, -0.25) is 9.48 Å². The van der Waals surface area contributed by atoms with E-state index >= 15 is 0 Å². The van der Waals surface area contributed by atoms with Crippen LogP contribution in [0.1, 0.15) is 30.8 Å². The van der Waals surface area contributed by atoms with E-state index in [9.17, 15) is 4.79 Å². The Morgan fingerprint density at radius 3 is 2.93 bits per heavy atom. The number of nitrogens with zero attached hydrogens (tertiary/aromatic N) is 2. The summed E-state index contributed by atoms with van der Waals surface area (Å²) in [5.41, 5.74) is 0.602. The molecule has 0 radical (unpaired) electrons. The van der Waals surface area contributed by atoms with Crippen LogP contribution in [0, 0.1) is 0 Å². The largest absolute Gasteiger partial charge is 0.374 e. The first kappa shape index (κ1) is 12.4. The van der Waals surface area contributed by atoms with Crippen LogP contribution in [0.5, 0.6) is 0 Å². The van der Waals surface area contributed by atoms with Gasteiger partial charge in [0.25, 0.3) is 0 Å². The summed E-state index contributed by atoms with van der Waals surface area (Å²) in [4.78, 5) is 11.8. The Morgan fingerprint density at radius 2 is 2.33 bits per heavy atom. The molecule has 0 aliphatic rings. The van der Waals surface area contributed by atoms with E-state index in [4.69, 9.17) is 4.74 Å². The lowest BCUT2D eigenvalue weighted by Crippen LogP contribution is -2.16. The normalized spacial score (nSPS) is 10.6. The van der Waals surface area contributed by atoms with Crippen LogP contribution < -0.4 is 0 Å². The third kappa shape index (κ3) is 3.14. The Balaban J connectivity index is 2.80. The Labute approximate surface area is 97.7 Å². The smallest absolute Gasteiger partial charge is 0.207 e. The van der Waals surface area contributed by atoms with Gasteiger partial charge in [-0.15, -0.1) is 0 Å².